The summed E-state index contributed by atoms with van der Waals surface area (Å²) in [5, 5.41) is 16.3. The predicted octanol–water partition coefficient (Wildman–Crippen LogP) is 2.64. The van der Waals surface area contributed by atoms with Gasteiger partial charge in [-0.15, -0.1) is 0 Å². The second kappa shape index (κ2) is 7.77. The standard InChI is InChI=1S/C21H19N3O5S/c25-20-17(23-18-12-14(21(26)27)8-9-16(18)24-20)10-11-22-30(28,29)19-7-3-5-13-4-1-2-6-15(13)19/h1-9,12,17,22-23H,10-11H2,(H,24,25)(H,26,27). The molecule has 30 heavy (non-hydrogen) atoms. The summed E-state index contributed by atoms with van der Waals surface area (Å²) in [5.41, 5.74) is 1.06. The van der Waals surface area contributed by atoms with Gasteiger partial charge in [0.25, 0.3) is 0 Å². The Morgan fingerprint density at radius 1 is 1.03 bits per heavy atom. The quantitative estimate of drug-likeness (QED) is 0.481. The van der Waals surface area contributed by atoms with Gasteiger partial charge in [-0.25, -0.2) is 17.9 Å². The van der Waals surface area contributed by atoms with Crippen molar-refractivity contribution < 1.29 is 23.1 Å². The van der Waals surface area contributed by atoms with Gasteiger partial charge in [-0.2, -0.15) is 0 Å². The number of sulfonamides is 1. The monoisotopic (exact) mass is 425 g/mol. The highest BCUT2D eigenvalue weighted by molar-refractivity contribution is 7.89. The van der Waals surface area contributed by atoms with Crippen LogP contribution in [0.5, 0.6) is 0 Å². The number of fused-ring (bicyclic) bond motifs is 2. The number of carbonyl (C=O) groups is 2. The zero-order chi connectivity index (χ0) is 21.3. The van der Waals surface area contributed by atoms with Crippen molar-refractivity contribution in [3.05, 3.63) is 66.2 Å². The van der Waals surface area contributed by atoms with Gasteiger partial charge < -0.3 is 15.7 Å². The second-order valence-corrected chi connectivity index (χ2v) is 8.65. The number of hydrogen-bond donors (Lipinski definition) is 4. The van der Waals surface area contributed by atoms with Crippen LogP contribution in [0.1, 0.15) is 16.8 Å². The lowest BCUT2D eigenvalue weighted by Gasteiger charge is -2.27. The minimum atomic E-state index is -3.77. The van der Waals surface area contributed by atoms with E-state index in [4.69, 9.17) is 5.11 Å². The molecule has 9 heteroatoms. The van der Waals surface area contributed by atoms with Crippen molar-refractivity contribution in [1.82, 2.24) is 4.72 Å². The van der Waals surface area contributed by atoms with E-state index in [1.54, 1.807) is 24.3 Å². The number of nitrogens with one attached hydrogen (secondary N) is 3. The summed E-state index contributed by atoms with van der Waals surface area (Å²) in [6.07, 6.45) is 0.187. The Balaban J connectivity index is 1.46. The van der Waals surface area contributed by atoms with E-state index in [9.17, 15) is 18.0 Å². The molecule has 4 N–H and O–H groups in total. The first kappa shape index (κ1) is 19.9. The molecule has 8 nitrogen and oxygen atoms in total. The van der Waals surface area contributed by atoms with Crippen LogP contribution in [0.2, 0.25) is 0 Å². The number of amides is 1. The van der Waals surface area contributed by atoms with Crippen molar-refractivity contribution in [3.63, 3.8) is 0 Å². The number of carbonyl (C=O) groups excluding carboxylic acids is 1. The van der Waals surface area contributed by atoms with E-state index in [1.807, 2.05) is 18.2 Å². The molecule has 3 aromatic rings. The van der Waals surface area contributed by atoms with Crippen LogP contribution < -0.4 is 15.4 Å². The molecule has 1 aliphatic rings. The number of benzene rings is 3. The van der Waals surface area contributed by atoms with E-state index in [0.29, 0.717) is 16.8 Å². The normalized spacial score (nSPS) is 15.9. The third-order valence-corrected chi connectivity index (χ3v) is 6.45. The van der Waals surface area contributed by atoms with Crippen LogP contribution in [0.4, 0.5) is 11.4 Å². The van der Waals surface area contributed by atoms with E-state index < -0.39 is 22.0 Å². The van der Waals surface area contributed by atoms with E-state index in [1.165, 1.54) is 18.2 Å². The van der Waals surface area contributed by atoms with Gasteiger partial charge in [0.1, 0.15) is 6.04 Å². The summed E-state index contributed by atoms with van der Waals surface area (Å²) in [6, 6.07) is 15.9. The maximum absolute atomic E-state index is 12.8. The van der Waals surface area contributed by atoms with Crippen molar-refractivity contribution in [2.24, 2.45) is 0 Å². The van der Waals surface area contributed by atoms with Gasteiger partial charge in [0, 0.05) is 11.9 Å². The van der Waals surface area contributed by atoms with Crippen molar-refractivity contribution in [2.75, 3.05) is 17.2 Å². The topological polar surface area (TPSA) is 125 Å². The summed E-state index contributed by atoms with van der Waals surface area (Å²) in [6.45, 7) is 0.0323. The maximum atomic E-state index is 12.8. The lowest BCUT2D eigenvalue weighted by Crippen LogP contribution is -2.41. The van der Waals surface area contributed by atoms with Crippen LogP contribution in [0, 0.1) is 0 Å². The van der Waals surface area contributed by atoms with E-state index in [0.717, 1.165) is 5.39 Å². The fourth-order valence-corrected chi connectivity index (χ4v) is 4.70. The Morgan fingerprint density at radius 3 is 2.60 bits per heavy atom. The Morgan fingerprint density at radius 2 is 1.80 bits per heavy atom. The molecule has 1 atom stereocenters. The Bertz CT molecular complexity index is 1250. The second-order valence-electron chi connectivity index (χ2n) is 6.92. The number of anilines is 2. The van der Waals surface area contributed by atoms with Crippen LogP contribution >= 0.6 is 0 Å². The van der Waals surface area contributed by atoms with Gasteiger partial charge in [0.2, 0.25) is 15.9 Å². The molecular weight excluding hydrogens is 406 g/mol. The summed E-state index contributed by atoms with van der Waals surface area (Å²) in [4.78, 5) is 23.6. The Labute approximate surface area is 173 Å². The van der Waals surface area contributed by atoms with Crippen molar-refractivity contribution in [2.45, 2.75) is 17.4 Å². The zero-order valence-electron chi connectivity index (χ0n) is 15.8. The first-order valence-corrected chi connectivity index (χ1v) is 10.8. The van der Waals surface area contributed by atoms with Gasteiger partial charge in [-0.3, -0.25) is 4.79 Å². The van der Waals surface area contributed by atoms with Gasteiger partial charge in [0.05, 0.1) is 21.8 Å². The van der Waals surface area contributed by atoms with E-state index in [2.05, 4.69) is 15.4 Å². The molecule has 0 saturated carbocycles. The summed E-state index contributed by atoms with van der Waals surface area (Å²) in [7, 11) is -3.77. The van der Waals surface area contributed by atoms with Crippen LogP contribution in [-0.4, -0.2) is 38.0 Å². The van der Waals surface area contributed by atoms with Crippen molar-refractivity contribution in [3.8, 4) is 0 Å². The molecular formula is C21H19N3O5S. The molecule has 1 heterocycles. The molecule has 4 rings (SSSR count). The van der Waals surface area contributed by atoms with E-state index in [-0.39, 0.29) is 29.3 Å². The van der Waals surface area contributed by atoms with E-state index >= 15 is 0 Å². The highest BCUT2D eigenvalue weighted by Crippen LogP contribution is 2.29. The van der Waals surface area contributed by atoms with Gasteiger partial charge in [-0.05, 0) is 36.1 Å². The van der Waals surface area contributed by atoms with Crippen LogP contribution in [0.3, 0.4) is 0 Å². The summed E-state index contributed by atoms with van der Waals surface area (Å²) in [5.74, 6) is -1.38. The fourth-order valence-electron chi connectivity index (χ4n) is 3.43. The molecule has 0 spiro atoms. The Hall–Kier alpha value is -3.43. The molecule has 3 aromatic carbocycles. The molecule has 0 radical (unpaired) electrons. The number of carboxylic acid groups (broad SMARTS) is 1. The third-order valence-electron chi connectivity index (χ3n) is 4.93. The summed E-state index contributed by atoms with van der Waals surface area (Å²) >= 11 is 0. The molecule has 0 saturated heterocycles. The molecule has 0 bridgehead atoms. The van der Waals surface area contributed by atoms with Gasteiger partial charge in [0.15, 0.2) is 0 Å². The molecule has 1 unspecified atom stereocenters. The largest absolute Gasteiger partial charge is 0.478 e. The SMILES string of the molecule is O=C(O)c1ccc2c(c1)NC(CCNS(=O)(=O)c1cccc3ccccc13)C(=O)N2. The summed E-state index contributed by atoms with van der Waals surface area (Å²) < 4.78 is 28.1. The van der Waals surface area contributed by atoms with Crippen LogP contribution in [0.15, 0.2) is 65.6 Å². The first-order valence-electron chi connectivity index (χ1n) is 9.27. The smallest absolute Gasteiger partial charge is 0.335 e. The average Bonchev–Trinajstić information content (AvgIpc) is 2.73. The average molecular weight is 425 g/mol. The number of rotatable bonds is 6. The predicted molar refractivity (Wildman–Crippen MR) is 113 cm³/mol. The minimum Gasteiger partial charge on any atom is -0.478 e. The highest BCUT2D eigenvalue weighted by Gasteiger charge is 2.26. The minimum absolute atomic E-state index is 0.0323. The van der Waals surface area contributed by atoms with Gasteiger partial charge in [-0.1, -0.05) is 36.4 Å². The van der Waals surface area contributed by atoms with Crippen molar-refractivity contribution >= 4 is 44.0 Å². The lowest BCUT2D eigenvalue weighted by atomic mass is 10.1. The van der Waals surface area contributed by atoms with Crippen LogP contribution in [0.25, 0.3) is 10.8 Å². The lowest BCUT2D eigenvalue weighted by molar-refractivity contribution is -0.117. The molecule has 1 amide bonds. The number of carboxylic acids is 1. The molecule has 0 aliphatic carbocycles. The number of aromatic carboxylic acids is 1. The molecule has 1 aliphatic heterocycles. The van der Waals surface area contributed by atoms with Gasteiger partial charge >= 0.3 is 5.97 Å². The third kappa shape index (κ3) is 3.85. The molecule has 0 fully saturated rings. The fraction of sp³-hybridized carbons (Fsp3) is 0.143. The Kier molecular flexibility index (Phi) is 5.15. The number of hydrogen-bond acceptors (Lipinski definition) is 5. The van der Waals surface area contributed by atoms with Crippen LogP contribution in [-0.2, 0) is 14.8 Å². The zero-order valence-corrected chi connectivity index (χ0v) is 16.6. The first-order chi connectivity index (χ1) is 14.3. The molecule has 154 valence electrons. The molecule has 0 aromatic heterocycles. The maximum Gasteiger partial charge on any atom is 0.335 e. The highest BCUT2D eigenvalue weighted by atomic mass is 32.2. The van der Waals surface area contributed by atoms with Crippen molar-refractivity contribution in [1.29, 1.82) is 0 Å².